The van der Waals surface area contributed by atoms with Gasteiger partial charge in [-0.3, -0.25) is 19.4 Å². The van der Waals surface area contributed by atoms with E-state index < -0.39 is 11.9 Å². The van der Waals surface area contributed by atoms with Crippen molar-refractivity contribution in [3.8, 4) is 0 Å². The average molecular weight is 504 g/mol. The molecule has 1 aliphatic rings. The van der Waals surface area contributed by atoms with E-state index in [-0.39, 0.29) is 35.1 Å². The molecule has 5 rings (SSSR count). The molecule has 184 valence electrons. The third-order valence-electron chi connectivity index (χ3n) is 6.25. The largest absolute Gasteiger partial charge is 0.462 e. The molecule has 0 aromatic carbocycles. The molecule has 0 radical (unpaired) electrons. The number of ether oxygens (including phenoxy) is 1. The Kier molecular flexibility index (Phi) is 6.27. The number of carbonyl (C=O) groups excluding carboxylic acids is 2. The maximum absolute atomic E-state index is 13.5. The van der Waals surface area contributed by atoms with Gasteiger partial charge >= 0.3 is 5.97 Å². The number of rotatable bonds is 6. The number of carbonyl (C=O) groups is 2. The first-order valence-corrected chi connectivity index (χ1v) is 12.6. The number of fused-ring (bicyclic) bond motifs is 3. The second kappa shape index (κ2) is 9.54. The van der Waals surface area contributed by atoms with Crippen molar-refractivity contribution in [1.29, 1.82) is 5.41 Å². The monoisotopic (exact) mass is 503 g/mol. The zero-order valence-corrected chi connectivity index (χ0v) is 20.6. The number of allylic oxidation sites excluding steroid dienone is 1. The lowest BCUT2D eigenvalue weighted by atomic mass is 9.95. The number of hydrogen-bond donors (Lipinski definition) is 2. The molecule has 0 spiro atoms. The Labute approximate surface area is 210 Å². The van der Waals surface area contributed by atoms with Gasteiger partial charge in [-0.25, -0.2) is 9.78 Å². The highest BCUT2D eigenvalue weighted by Gasteiger charge is 2.28. The Balaban J connectivity index is 1.65. The SMILES string of the molecule is C=CCn1c(=N)c(C(=O)Nc2sc3c(c2C(=O)OCC)CCCC3)cc2c(=O)n3ccccc3nc21. The number of nitrogens with one attached hydrogen (secondary N) is 2. The van der Waals surface area contributed by atoms with Crippen LogP contribution >= 0.6 is 11.3 Å². The van der Waals surface area contributed by atoms with Crippen LogP contribution in [0, 0.1) is 5.41 Å². The first kappa shape index (κ1) is 23.7. The van der Waals surface area contributed by atoms with E-state index in [2.05, 4.69) is 16.9 Å². The summed E-state index contributed by atoms with van der Waals surface area (Å²) in [5.74, 6) is -1.05. The number of thiophene rings is 1. The van der Waals surface area contributed by atoms with Crippen LogP contribution in [0.5, 0.6) is 0 Å². The summed E-state index contributed by atoms with van der Waals surface area (Å²) in [5, 5.41) is 12.2. The Morgan fingerprint density at radius 3 is 2.89 bits per heavy atom. The third-order valence-corrected chi connectivity index (χ3v) is 7.46. The van der Waals surface area contributed by atoms with Crippen LogP contribution in [0.1, 0.15) is 50.9 Å². The maximum Gasteiger partial charge on any atom is 0.341 e. The summed E-state index contributed by atoms with van der Waals surface area (Å²) >= 11 is 1.37. The Hall–Kier alpha value is -4.05. The molecule has 1 aliphatic carbocycles. The molecular weight excluding hydrogens is 478 g/mol. The van der Waals surface area contributed by atoms with Crippen LogP contribution in [0.2, 0.25) is 0 Å². The maximum atomic E-state index is 13.5. The summed E-state index contributed by atoms with van der Waals surface area (Å²) in [6.45, 7) is 5.91. The molecular formula is C26H25N5O4S. The molecule has 4 aromatic heterocycles. The normalized spacial score (nSPS) is 12.9. The summed E-state index contributed by atoms with van der Waals surface area (Å²) < 4.78 is 8.17. The third kappa shape index (κ3) is 3.93. The molecule has 36 heavy (non-hydrogen) atoms. The van der Waals surface area contributed by atoms with Crippen molar-refractivity contribution in [3.63, 3.8) is 0 Å². The molecule has 0 bridgehead atoms. The van der Waals surface area contributed by atoms with Crippen molar-refractivity contribution < 1.29 is 14.3 Å². The van der Waals surface area contributed by atoms with Crippen molar-refractivity contribution in [2.24, 2.45) is 0 Å². The van der Waals surface area contributed by atoms with E-state index in [1.54, 1.807) is 37.4 Å². The van der Waals surface area contributed by atoms with Gasteiger partial charge in [0.1, 0.15) is 21.8 Å². The number of amides is 1. The minimum Gasteiger partial charge on any atom is -0.462 e. The molecule has 0 fully saturated rings. The van der Waals surface area contributed by atoms with Gasteiger partial charge in [-0.2, -0.15) is 0 Å². The lowest BCUT2D eigenvalue weighted by molar-refractivity contribution is 0.0526. The summed E-state index contributed by atoms with van der Waals surface area (Å²) in [6.07, 6.45) is 6.79. The number of aryl methyl sites for hydroxylation is 1. The second-order valence-electron chi connectivity index (χ2n) is 8.48. The number of aromatic nitrogens is 3. The van der Waals surface area contributed by atoms with Crippen LogP contribution in [-0.2, 0) is 24.1 Å². The molecule has 0 aliphatic heterocycles. The molecule has 0 saturated carbocycles. The Morgan fingerprint density at radius 2 is 2.11 bits per heavy atom. The fourth-order valence-electron chi connectivity index (χ4n) is 4.61. The summed E-state index contributed by atoms with van der Waals surface area (Å²) in [7, 11) is 0. The number of nitrogens with zero attached hydrogens (tertiary/aromatic N) is 3. The van der Waals surface area contributed by atoms with Crippen molar-refractivity contribution in [1.82, 2.24) is 14.0 Å². The molecule has 2 N–H and O–H groups in total. The molecule has 0 saturated heterocycles. The predicted octanol–water partition coefficient (Wildman–Crippen LogP) is 3.68. The highest BCUT2D eigenvalue weighted by atomic mass is 32.1. The molecule has 10 heteroatoms. The van der Waals surface area contributed by atoms with Crippen LogP contribution in [0.4, 0.5) is 5.00 Å². The van der Waals surface area contributed by atoms with Crippen molar-refractivity contribution in [2.75, 3.05) is 11.9 Å². The molecule has 4 heterocycles. The van der Waals surface area contributed by atoms with Gasteiger partial charge in [-0.1, -0.05) is 12.1 Å². The zero-order valence-electron chi connectivity index (χ0n) is 19.8. The van der Waals surface area contributed by atoms with Gasteiger partial charge in [0.05, 0.1) is 23.1 Å². The summed E-state index contributed by atoms with van der Waals surface area (Å²) in [5.41, 5.74) is 1.61. The van der Waals surface area contributed by atoms with Gasteiger partial charge in [0.15, 0.2) is 0 Å². The van der Waals surface area contributed by atoms with Crippen molar-refractivity contribution in [2.45, 2.75) is 39.2 Å². The number of hydrogen-bond acceptors (Lipinski definition) is 7. The number of pyridine rings is 2. The Morgan fingerprint density at radius 1 is 1.31 bits per heavy atom. The lowest BCUT2D eigenvalue weighted by Crippen LogP contribution is -2.32. The minimum atomic E-state index is -0.582. The lowest BCUT2D eigenvalue weighted by Gasteiger charge is -2.14. The van der Waals surface area contributed by atoms with E-state index in [4.69, 9.17) is 10.1 Å². The van der Waals surface area contributed by atoms with Gasteiger partial charge < -0.3 is 14.6 Å². The quantitative estimate of drug-likeness (QED) is 0.236. The summed E-state index contributed by atoms with van der Waals surface area (Å²) in [6, 6.07) is 6.61. The Bertz CT molecular complexity index is 1660. The second-order valence-corrected chi connectivity index (χ2v) is 9.58. The minimum absolute atomic E-state index is 0.000289. The first-order chi connectivity index (χ1) is 17.4. The number of esters is 1. The van der Waals surface area contributed by atoms with Crippen molar-refractivity contribution >= 4 is 44.9 Å². The van der Waals surface area contributed by atoms with E-state index >= 15 is 0 Å². The molecule has 0 unspecified atom stereocenters. The van der Waals surface area contributed by atoms with E-state index in [9.17, 15) is 14.4 Å². The predicted molar refractivity (Wildman–Crippen MR) is 138 cm³/mol. The van der Waals surface area contributed by atoms with Gasteiger partial charge in [-0.15, -0.1) is 17.9 Å². The van der Waals surface area contributed by atoms with Gasteiger partial charge in [-0.05, 0) is 56.4 Å². The van der Waals surface area contributed by atoms with E-state index in [0.717, 1.165) is 36.1 Å². The van der Waals surface area contributed by atoms with E-state index in [0.29, 0.717) is 21.9 Å². The molecule has 1 amide bonds. The summed E-state index contributed by atoms with van der Waals surface area (Å²) in [4.78, 5) is 45.2. The molecule has 4 aromatic rings. The van der Waals surface area contributed by atoms with Crippen LogP contribution in [0.3, 0.4) is 0 Å². The standard InChI is InChI=1S/C26H25N5O4S/c1-3-12-31-21(27)16(14-17-22(31)28-19-11-7-8-13-30(19)25(17)33)23(32)29-24-20(26(34)35-4-2)15-9-5-6-10-18(15)36-24/h3,7-8,11,13-14,27H,1,4-6,9-10,12H2,2H3,(H,29,32). The first-order valence-electron chi connectivity index (χ1n) is 11.8. The molecule has 9 nitrogen and oxygen atoms in total. The van der Waals surface area contributed by atoms with Gasteiger partial charge in [0.25, 0.3) is 11.5 Å². The van der Waals surface area contributed by atoms with Crippen LogP contribution in [0.15, 0.2) is 47.9 Å². The zero-order chi connectivity index (χ0) is 25.4. The highest BCUT2D eigenvalue weighted by Crippen LogP contribution is 2.38. The van der Waals surface area contributed by atoms with Crippen LogP contribution < -0.4 is 16.4 Å². The smallest absolute Gasteiger partial charge is 0.341 e. The fraction of sp³-hybridized carbons (Fsp3) is 0.269. The van der Waals surface area contributed by atoms with E-state index in [1.807, 2.05) is 0 Å². The number of anilines is 1. The van der Waals surface area contributed by atoms with Crippen LogP contribution in [0.25, 0.3) is 16.7 Å². The molecule has 0 atom stereocenters. The fourth-order valence-corrected chi connectivity index (χ4v) is 5.88. The highest BCUT2D eigenvalue weighted by molar-refractivity contribution is 7.17. The van der Waals surface area contributed by atoms with Crippen molar-refractivity contribution in [3.05, 3.63) is 80.5 Å². The average Bonchev–Trinajstić information content (AvgIpc) is 3.24. The van der Waals surface area contributed by atoms with E-state index in [1.165, 1.54) is 26.4 Å². The van der Waals surface area contributed by atoms with Crippen LogP contribution in [-0.4, -0.2) is 32.4 Å². The topological polar surface area (TPSA) is 119 Å². The van der Waals surface area contributed by atoms with Gasteiger partial charge in [0.2, 0.25) is 0 Å². The van der Waals surface area contributed by atoms with Gasteiger partial charge in [0, 0.05) is 17.6 Å².